The fourth-order valence-electron chi connectivity index (χ4n) is 3.31. The van der Waals surface area contributed by atoms with Gasteiger partial charge in [0.1, 0.15) is 5.75 Å². The fraction of sp³-hybridized carbons (Fsp3) is 0.409. The van der Waals surface area contributed by atoms with Crippen molar-refractivity contribution in [3.05, 3.63) is 65.7 Å². The van der Waals surface area contributed by atoms with Crippen LogP contribution in [0.25, 0.3) is 0 Å². The molecule has 0 heterocycles. The minimum absolute atomic E-state index is 0.180. The SMILES string of the molecule is COC(=O)/C=C/C/C=C\C[C@@H]1[C@@H](/C=C/[C@@H](O)Oc2cccc(Cl)c2)[C@H](O)C[C@@H]1O. The maximum absolute atomic E-state index is 11.0. The molecule has 0 bridgehead atoms. The monoisotopic (exact) mass is 422 g/mol. The topological polar surface area (TPSA) is 96.2 Å². The van der Waals surface area contributed by atoms with Crippen molar-refractivity contribution in [2.24, 2.45) is 11.8 Å². The van der Waals surface area contributed by atoms with Gasteiger partial charge in [0.15, 0.2) is 0 Å². The predicted octanol–water partition coefficient (Wildman–Crippen LogP) is 3.02. The van der Waals surface area contributed by atoms with E-state index in [2.05, 4.69) is 4.74 Å². The van der Waals surface area contributed by atoms with Crippen LogP contribution in [-0.4, -0.2) is 46.9 Å². The molecule has 0 saturated heterocycles. The molecule has 1 aromatic rings. The maximum atomic E-state index is 11.0. The van der Waals surface area contributed by atoms with Crippen LogP contribution in [0.5, 0.6) is 5.75 Å². The Morgan fingerprint density at radius 1 is 1.28 bits per heavy atom. The standard InChI is InChI=1S/C22H27ClO6/c1-28-21(26)10-5-3-2-4-9-17-18(20(25)14-19(17)24)11-12-22(27)29-16-8-6-7-15(23)13-16/h2,4-8,10-13,17-20,22,24-25,27H,3,9,14H2,1H3/b4-2-,10-5+,12-11+/t17-,18-,19+,20-,22+/m1/s1. The Morgan fingerprint density at radius 2 is 2.07 bits per heavy atom. The quantitative estimate of drug-likeness (QED) is 0.245. The number of halogens is 1. The highest BCUT2D eigenvalue weighted by Gasteiger charge is 2.39. The third-order valence-corrected chi connectivity index (χ3v) is 5.00. The summed E-state index contributed by atoms with van der Waals surface area (Å²) in [6.07, 6.45) is 8.85. The van der Waals surface area contributed by atoms with E-state index in [0.29, 0.717) is 23.6 Å². The molecule has 3 N–H and O–H groups in total. The first-order chi connectivity index (χ1) is 13.9. The lowest BCUT2D eigenvalue weighted by molar-refractivity contribution is -0.134. The molecule has 6 nitrogen and oxygen atoms in total. The molecular formula is C22H27ClO6. The smallest absolute Gasteiger partial charge is 0.330 e. The van der Waals surface area contributed by atoms with E-state index in [1.54, 1.807) is 36.4 Å². The highest BCUT2D eigenvalue weighted by Crippen LogP contribution is 2.36. The number of aliphatic hydroxyl groups is 3. The Hall–Kier alpha value is -2.12. The van der Waals surface area contributed by atoms with Crippen molar-refractivity contribution in [2.45, 2.75) is 37.8 Å². The Balaban J connectivity index is 1.90. The van der Waals surface area contributed by atoms with Gasteiger partial charge in [0.25, 0.3) is 0 Å². The van der Waals surface area contributed by atoms with E-state index in [1.165, 1.54) is 19.3 Å². The van der Waals surface area contributed by atoms with Gasteiger partial charge in [0.05, 0.1) is 19.3 Å². The number of allylic oxidation sites excluding steroid dienone is 3. The van der Waals surface area contributed by atoms with E-state index in [-0.39, 0.29) is 18.3 Å². The van der Waals surface area contributed by atoms with Crippen molar-refractivity contribution >= 4 is 17.6 Å². The molecule has 7 heteroatoms. The second-order valence-corrected chi connectivity index (χ2v) is 7.27. The predicted molar refractivity (Wildman–Crippen MR) is 110 cm³/mol. The Labute approximate surface area is 175 Å². The molecule has 158 valence electrons. The lowest BCUT2D eigenvalue weighted by atomic mass is 9.90. The van der Waals surface area contributed by atoms with Crippen LogP contribution in [0.15, 0.2) is 60.7 Å². The summed E-state index contributed by atoms with van der Waals surface area (Å²) < 4.78 is 9.90. The Bertz CT molecular complexity index is 745. The summed E-state index contributed by atoms with van der Waals surface area (Å²) in [5.74, 6) is -0.462. The molecule has 5 atom stereocenters. The van der Waals surface area contributed by atoms with Gasteiger partial charge in [-0.2, -0.15) is 0 Å². The summed E-state index contributed by atoms with van der Waals surface area (Å²) in [6, 6.07) is 6.69. The molecule has 0 aliphatic heterocycles. The summed E-state index contributed by atoms with van der Waals surface area (Å²) >= 11 is 5.89. The minimum Gasteiger partial charge on any atom is -0.466 e. The summed E-state index contributed by atoms with van der Waals surface area (Å²) in [6.45, 7) is 0. The largest absolute Gasteiger partial charge is 0.466 e. The van der Waals surface area contributed by atoms with Crippen LogP contribution in [0.3, 0.4) is 0 Å². The average Bonchev–Trinajstić information content (AvgIpc) is 2.95. The molecule has 0 unspecified atom stereocenters. The first-order valence-corrected chi connectivity index (χ1v) is 9.82. The summed E-state index contributed by atoms with van der Waals surface area (Å²) in [5, 5.41) is 31.1. The zero-order chi connectivity index (χ0) is 21.2. The van der Waals surface area contributed by atoms with Gasteiger partial charge in [-0.3, -0.25) is 0 Å². The van der Waals surface area contributed by atoms with Crippen LogP contribution in [-0.2, 0) is 9.53 Å². The highest BCUT2D eigenvalue weighted by atomic mass is 35.5. The normalized spacial score (nSPS) is 25.8. The van der Waals surface area contributed by atoms with Gasteiger partial charge in [-0.25, -0.2) is 4.79 Å². The second kappa shape index (κ2) is 11.8. The number of aliphatic hydroxyl groups excluding tert-OH is 3. The zero-order valence-electron chi connectivity index (χ0n) is 16.2. The number of methoxy groups -OCH3 is 1. The van der Waals surface area contributed by atoms with Crippen molar-refractivity contribution in [3.8, 4) is 5.75 Å². The number of carbonyl (C=O) groups is 1. The van der Waals surface area contributed by atoms with E-state index in [9.17, 15) is 20.1 Å². The molecule has 1 saturated carbocycles. The first-order valence-electron chi connectivity index (χ1n) is 9.45. The number of carbonyl (C=O) groups excluding carboxylic acids is 1. The second-order valence-electron chi connectivity index (χ2n) is 6.83. The number of hydrogen-bond donors (Lipinski definition) is 3. The summed E-state index contributed by atoms with van der Waals surface area (Å²) in [4.78, 5) is 11.0. The van der Waals surface area contributed by atoms with Crippen LogP contribution in [0.2, 0.25) is 5.02 Å². The van der Waals surface area contributed by atoms with E-state index in [1.807, 2.05) is 12.2 Å². The van der Waals surface area contributed by atoms with Gasteiger partial charge < -0.3 is 24.8 Å². The van der Waals surface area contributed by atoms with E-state index in [4.69, 9.17) is 16.3 Å². The van der Waals surface area contributed by atoms with Crippen molar-refractivity contribution in [3.63, 3.8) is 0 Å². The molecule has 0 aromatic heterocycles. The van der Waals surface area contributed by atoms with Crippen molar-refractivity contribution < 1.29 is 29.6 Å². The first kappa shape index (κ1) is 23.2. The number of hydrogen-bond acceptors (Lipinski definition) is 6. The molecule has 0 radical (unpaired) electrons. The maximum Gasteiger partial charge on any atom is 0.330 e. The van der Waals surface area contributed by atoms with Gasteiger partial charge in [-0.15, -0.1) is 0 Å². The molecule has 1 aromatic carbocycles. The van der Waals surface area contributed by atoms with Gasteiger partial charge in [-0.05, 0) is 43.0 Å². The highest BCUT2D eigenvalue weighted by molar-refractivity contribution is 6.30. The number of esters is 1. The fourth-order valence-corrected chi connectivity index (χ4v) is 3.49. The third kappa shape index (κ3) is 7.66. The van der Waals surface area contributed by atoms with E-state index >= 15 is 0 Å². The van der Waals surface area contributed by atoms with Crippen LogP contribution in [0.1, 0.15) is 19.3 Å². The van der Waals surface area contributed by atoms with Gasteiger partial charge in [0.2, 0.25) is 6.29 Å². The number of benzene rings is 1. The van der Waals surface area contributed by atoms with E-state index in [0.717, 1.165) is 0 Å². The van der Waals surface area contributed by atoms with Crippen LogP contribution < -0.4 is 4.74 Å². The average molecular weight is 423 g/mol. The molecular weight excluding hydrogens is 396 g/mol. The molecule has 1 aliphatic rings. The Morgan fingerprint density at radius 3 is 2.79 bits per heavy atom. The van der Waals surface area contributed by atoms with Crippen molar-refractivity contribution in [1.82, 2.24) is 0 Å². The van der Waals surface area contributed by atoms with Crippen LogP contribution >= 0.6 is 11.6 Å². The third-order valence-electron chi connectivity index (χ3n) is 4.77. The minimum atomic E-state index is -1.20. The van der Waals surface area contributed by atoms with Crippen molar-refractivity contribution in [2.75, 3.05) is 7.11 Å². The molecule has 2 rings (SSSR count). The van der Waals surface area contributed by atoms with Gasteiger partial charge in [-0.1, -0.05) is 42.0 Å². The number of ether oxygens (including phenoxy) is 2. The molecule has 1 fully saturated rings. The van der Waals surface area contributed by atoms with E-state index < -0.39 is 24.5 Å². The van der Waals surface area contributed by atoms with Crippen molar-refractivity contribution in [1.29, 1.82) is 0 Å². The van der Waals surface area contributed by atoms with Gasteiger partial charge in [0, 0.05) is 23.4 Å². The molecule has 0 amide bonds. The Kier molecular flexibility index (Phi) is 9.41. The molecule has 29 heavy (non-hydrogen) atoms. The van der Waals surface area contributed by atoms with Gasteiger partial charge >= 0.3 is 5.97 Å². The van der Waals surface area contributed by atoms with Crippen LogP contribution in [0, 0.1) is 11.8 Å². The zero-order valence-corrected chi connectivity index (χ0v) is 17.0. The number of rotatable bonds is 9. The lowest BCUT2D eigenvalue weighted by Gasteiger charge is -2.19. The summed E-state index contributed by atoms with van der Waals surface area (Å²) in [5.41, 5.74) is 0. The summed E-state index contributed by atoms with van der Waals surface area (Å²) in [7, 11) is 1.32. The molecule has 1 aliphatic carbocycles. The molecule has 0 spiro atoms. The van der Waals surface area contributed by atoms with Crippen LogP contribution in [0.4, 0.5) is 0 Å². The lowest BCUT2D eigenvalue weighted by Crippen LogP contribution is -2.21.